The molecule has 0 saturated heterocycles. The first kappa shape index (κ1) is 23.3. The third kappa shape index (κ3) is 3.60. The van der Waals surface area contributed by atoms with Crippen molar-refractivity contribution in [3.63, 3.8) is 0 Å². The van der Waals surface area contributed by atoms with Gasteiger partial charge in [0.25, 0.3) is 11.8 Å². The number of aryl methyl sites for hydroxylation is 1. The van der Waals surface area contributed by atoms with E-state index in [4.69, 9.17) is 0 Å². The first-order chi connectivity index (χ1) is 18.0. The number of carbonyl (C=O) groups is 2. The van der Waals surface area contributed by atoms with E-state index in [9.17, 15) is 9.59 Å². The number of rotatable bonds is 7. The largest absolute Gasteiger partial charge is 0.377 e. The van der Waals surface area contributed by atoms with E-state index >= 15 is 0 Å². The fourth-order valence-corrected chi connectivity index (χ4v) is 5.82. The van der Waals surface area contributed by atoms with Gasteiger partial charge in [0, 0.05) is 70.0 Å². The molecule has 4 aromatic carbocycles. The Morgan fingerprint density at radius 2 is 1.43 bits per heavy atom. The summed E-state index contributed by atoms with van der Waals surface area (Å²) in [6.07, 6.45) is 4.79. The first-order valence-electron chi connectivity index (χ1n) is 13.1. The minimum atomic E-state index is -0.276. The Morgan fingerprint density at radius 1 is 0.703 bits per heavy atom. The molecule has 0 radical (unpaired) electrons. The van der Waals surface area contributed by atoms with Crippen molar-refractivity contribution in [2.24, 2.45) is 0 Å². The highest BCUT2D eigenvalue weighted by atomic mass is 16.2. The number of aromatic nitrogens is 1. The SMILES string of the molecule is CCCCCCn1c2ccccc2c2cc(N3C(=O)c4cccc5c(N(C)C)ccc(c45)C3=O)ccc21. The molecule has 1 aromatic heterocycles. The molecule has 0 unspecified atom stereocenters. The van der Waals surface area contributed by atoms with Crippen LogP contribution in [-0.4, -0.2) is 30.5 Å². The van der Waals surface area contributed by atoms with E-state index in [0.29, 0.717) is 16.8 Å². The number of benzene rings is 4. The van der Waals surface area contributed by atoms with Crippen LogP contribution in [0.15, 0.2) is 72.8 Å². The van der Waals surface area contributed by atoms with Gasteiger partial charge in [0.05, 0.1) is 5.69 Å². The Kier molecular flexibility index (Phi) is 5.71. The lowest BCUT2D eigenvalue weighted by Gasteiger charge is -2.28. The van der Waals surface area contributed by atoms with Crippen LogP contribution in [-0.2, 0) is 6.54 Å². The number of fused-ring (bicyclic) bond motifs is 3. The van der Waals surface area contributed by atoms with Gasteiger partial charge in [-0.15, -0.1) is 0 Å². The summed E-state index contributed by atoms with van der Waals surface area (Å²) in [7, 11) is 3.94. The predicted octanol–water partition coefficient (Wildman–Crippen LogP) is 7.39. The highest BCUT2D eigenvalue weighted by Crippen LogP contribution is 2.39. The second-order valence-corrected chi connectivity index (χ2v) is 10.1. The molecule has 0 fully saturated rings. The van der Waals surface area contributed by atoms with Crippen LogP contribution in [0.25, 0.3) is 32.6 Å². The van der Waals surface area contributed by atoms with E-state index in [0.717, 1.165) is 45.7 Å². The summed E-state index contributed by atoms with van der Waals surface area (Å²) in [6, 6.07) is 23.9. The average molecular weight is 490 g/mol. The summed E-state index contributed by atoms with van der Waals surface area (Å²) in [5.74, 6) is -0.552. The second-order valence-electron chi connectivity index (χ2n) is 10.1. The van der Waals surface area contributed by atoms with E-state index in [1.165, 1.54) is 29.7 Å². The molecule has 0 atom stereocenters. The molecular formula is C32H31N3O2. The van der Waals surface area contributed by atoms with Crippen LogP contribution in [0.2, 0.25) is 0 Å². The molecule has 0 bridgehead atoms. The summed E-state index contributed by atoms with van der Waals surface area (Å²) in [6.45, 7) is 3.18. The van der Waals surface area contributed by atoms with Gasteiger partial charge in [0.1, 0.15) is 0 Å². The van der Waals surface area contributed by atoms with Crippen molar-refractivity contribution < 1.29 is 9.59 Å². The lowest BCUT2D eigenvalue weighted by Crippen LogP contribution is -2.40. The fraction of sp³-hybridized carbons (Fsp3) is 0.250. The average Bonchev–Trinajstić information content (AvgIpc) is 3.22. The van der Waals surface area contributed by atoms with Gasteiger partial charge in [-0.25, -0.2) is 4.90 Å². The zero-order valence-electron chi connectivity index (χ0n) is 21.6. The van der Waals surface area contributed by atoms with Crippen molar-refractivity contribution in [2.75, 3.05) is 23.9 Å². The van der Waals surface area contributed by atoms with Gasteiger partial charge >= 0.3 is 0 Å². The standard InChI is InChI=1S/C32H31N3O2/c1-4-5-6-9-19-34-28-14-8-7-11-22(28)26-20-21(15-17-29(26)34)35-31(36)24-13-10-12-23-27(33(2)3)18-16-25(30(23)24)32(35)37/h7-8,10-18,20H,4-6,9,19H2,1-3H3. The molecule has 37 heavy (non-hydrogen) atoms. The van der Waals surface area contributed by atoms with Crippen molar-refractivity contribution in [1.82, 2.24) is 4.57 Å². The van der Waals surface area contributed by atoms with Gasteiger partial charge in [-0.1, -0.05) is 56.5 Å². The first-order valence-corrected chi connectivity index (χ1v) is 13.1. The fourth-order valence-electron chi connectivity index (χ4n) is 5.82. The molecule has 5 heteroatoms. The molecule has 0 N–H and O–H groups in total. The molecule has 5 nitrogen and oxygen atoms in total. The van der Waals surface area contributed by atoms with Crippen LogP contribution < -0.4 is 9.80 Å². The second kappa shape index (κ2) is 9.07. The Labute approximate surface area is 216 Å². The molecule has 0 spiro atoms. The maximum Gasteiger partial charge on any atom is 0.265 e. The Bertz CT molecular complexity index is 1670. The smallest absolute Gasteiger partial charge is 0.265 e. The summed E-state index contributed by atoms with van der Waals surface area (Å²) < 4.78 is 2.38. The molecule has 2 amide bonds. The van der Waals surface area contributed by atoms with E-state index in [-0.39, 0.29) is 11.8 Å². The van der Waals surface area contributed by atoms with E-state index in [1.807, 2.05) is 67.5 Å². The summed E-state index contributed by atoms with van der Waals surface area (Å²) in [4.78, 5) is 30.9. The monoisotopic (exact) mass is 489 g/mol. The number of para-hydroxylation sites is 1. The van der Waals surface area contributed by atoms with Crippen LogP contribution in [0, 0.1) is 0 Å². The van der Waals surface area contributed by atoms with E-state index in [2.05, 4.69) is 35.8 Å². The zero-order valence-corrected chi connectivity index (χ0v) is 21.6. The molecule has 5 aromatic rings. The Morgan fingerprint density at radius 3 is 2.22 bits per heavy atom. The summed E-state index contributed by atoms with van der Waals surface area (Å²) in [5, 5.41) is 3.87. The number of nitrogens with zero attached hydrogens (tertiary/aromatic N) is 3. The maximum absolute atomic E-state index is 13.8. The molecule has 2 heterocycles. The van der Waals surface area contributed by atoms with Crippen molar-refractivity contribution >= 4 is 55.8 Å². The van der Waals surface area contributed by atoms with Gasteiger partial charge in [0.15, 0.2) is 0 Å². The molecule has 0 saturated carbocycles. The molecule has 1 aliphatic heterocycles. The lowest BCUT2D eigenvalue weighted by atomic mass is 9.92. The Balaban J connectivity index is 1.47. The third-order valence-electron chi connectivity index (χ3n) is 7.62. The quantitative estimate of drug-likeness (QED) is 0.177. The highest BCUT2D eigenvalue weighted by Gasteiger charge is 2.35. The molecule has 0 aliphatic carbocycles. The van der Waals surface area contributed by atoms with Gasteiger partial charge in [-0.05, 0) is 48.9 Å². The van der Waals surface area contributed by atoms with E-state index < -0.39 is 0 Å². The number of amides is 2. The number of carbonyl (C=O) groups excluding carboxylic acids is 2. The third-order valence-corrected chi connectivity index (χ3v) is 7.62. The van der Waals surface area contributed by atoms with E-state index in [1.54, 1.807) is 0 Å². The topological polar surface area (TPSA) is 45.6 Å². The van der Waals surface area contributed by atoms with Gasteiger partial charge in [-0.3, -0.25) is 9.59 Å². The minimum Gasteiger partial charge on any atom is -0.377 e. The number of imide groups is 1. The zero-order chi connectivity index (χ0) is 25.7. The van der Waals surface area contributed by atoms with Crippen LogP contribution >= 0.6 is 0 Å². The lowest BCUT2D eigenvalue weighted by molar-refractivity contribution is 0.0893. The molecule has 1 aliphatic rings. The highest BCUT2D eigenvalue weighted by molar-refractivity contribution is 6.36. The van der Waals surface area contributed by atoms with Crippen molar-refractivity contribution in [3.05, 3.63) is 83.9 Å². The number of anilines is 2. The maximum atomic E-state index is 13.8. The van der Waals surface area contributed by atoms with Crippen LogP contribution in [0.4, 0.5) is 11.4 Å². The molecule has 6 rings (SSSR count). The van der Waals surface area contributed by atoms with Gasteiger partial charge < -0.3 is 9.47 Å². The summed E-state index contributed by atoms with van der Waals surface area (Å²) in [5.41, 5.74) is 5.05. The van der Waals surface area contributed by atoms with Crippen LogP contribution in [0.3, 0.4) is 0 Å². The Hall–Kier alpha value is -4.12. The van der Waals surface area contributed by atoms with Gasteiger partial charge in [-0.2, -0.15) is 0 Å². The minimum absolute atomic E-state index is 0.276. The van der Waals surface area contributed by atoms with Crippen LogP contribution in [0.5, 0.6) is 0 Å². The van der Waals surface area contributed by atoms with Crippen LogP contribution in [0.1, 0.15) is 53.3 Å². The predicted molar refractivity (Wildman–Crippen MR) is 153 cm³/mol. The number of hydrogen-bond donors (Lipinski definition) is 0. The van der Waals surface area contributed by atoms with Crippen molar-refractivity contribution in [1.29, 1.82) is 0 Å². The number of unbranched alkanes of at least 4 members (excludes halogenated alkanes) is 3. The van der Waals surface area contributed by atoms with Crippen molar-refractivity contribution in [2.45, 2.75) is 39.2 Å². The van der Waals surface area contributed by atoms with Gasteiger partial charge in [0.2, 0.25) is 0 Å². The summed E-state index contributed by atoms with van der Waals surface area (Å²) >= 11 is 0. The molecular weight excluding hydrogens is 458 g/mol. The van der Waals surface area contributed by atoms with Crippen molar-refractivity contribution in [3.8, 4) is 0 Å². The number of hydrogen-bond acceptors (Lipinski definition) is 3. The normalized spacial score (nSPS) is 13.3. The molecule has 186 valence electrons.